The highest BCUT2D eigenvalue weighted by Gasteiger charge is 2.34. The van der Waals surface area contributed by atoms with Gasteiger partial charge in [-0.05, 0) is 41.7 Å². The molecule has 0 atom stereocenters. The van der Waals surface area contributed by atoms with Gasteiger partial charge in [0.25, 0.3) is 0 Å². The normalized spacial score (nSPS) is 19.5. The zero-order valence-corrected chi connectivity index (χ0v) is 12.1. The first-order valence-corrected chi connectivity index (χ1v) is 6.42. The van der Waals surface area contributed by atoms with E-state index in [2.05, 4.69) is 31.0 Å². The van der Waals surface area contributed by atoms with E-state index in [0.717, 1.165) is 26.2 Å². The van der Waals surface area contributed by atoms with E-state index >= 15 is 0 Å². The molecule has 100 valence electrons. The van der Waals surface area contributed by atoms with Crippen molar-refractivity contribution in [3.63, 3.8) is 0 Å². The molecule has 0 aromatic heterocycles. The van der Waals surface area contributed by atoms with Crippen molar-refractivity contribution in [2.24, 2.45) is 0 Å². The van der Waals surface area contributed by atoms with Crippen molar-refractivity contribution < 1.29 is 4.79 Å². The fourth-order valence-corrected chi connectivity index (χ4v) is 2.08. The lowest BCUT2D eigenvalue weighted by molar-refractivity contribution is -0.139. The summed E-state index contributed by atoms with van der Waals surface area (Å²) in [5.74, 6) is 0.202. The molecular formula is C13H27N3O. The predicted molar refractivity (Wildman–Crippen MR) is 71.0 cm³/mol. The second-order valence-corrected chi connectivity index (χ2v) is 6.33. The number of hydrogen-bond acceptors (Lipinski definition) is 3. The van der Waals surface area contributed by atoms with Crippen LogP contribution in [0.15, 0.2) is 0 Å². The van der Waals surface area contributed by atoms with E-state index < -0.39 is 5.54 Å². The van der Waals surface area contributed by atoms with Gasteiger partial charge in [0.1, 0.15) is 0 Å². The molecule has 0 aromatic rings. The second-order valence-electron chi connectivity index (χ2n) is 6.33. The number of carbonyl (C=O) groups excluding carboxylic acids is 1. The lowest BCUT2D eigenvalue weighted by Crippen LogP contribution is -2.60. The van der Waals surface area contributed by atoms with Gasteiger partial charge >= 0.3 is 0 Å². The number of nitrogens with zero attached hydrogens (tertiary/aromatic N) is 2. The van der Waals surface area contributed by atoms with E-state index in [1.54, 1.807) is 0 Å². The summed E-state index contributed by atoms with van der Waals surface area (Å²) in [7, 11) is 1.84. The Labute approximate surface area is 105 Å². The molecule has 1 rings (SSSR count). The number of rotatable bonds is 2. The fourth-order valence-electron chi connectivity index (χ4n) is 2.08. The molecule has 4 nitrogen and oxygen atoms in total. The van der Waals surface area contributed by atoms with Gasteiger partial charge in [0.05, 0.1) is 5.54 Å². The van der Waals surface area contributed by atoms with Crippen LogP contribution in [-0.2, 0) is 4.79 Å². The molecule has 0 aromatic carbocycles. The standard InChI is InChI=1S/C13H27N3O/c1-12(2,3)16-9-7-15(8-10-16)11(17)13(4,5)14-6/h14H,7-10H2,1-6H3. The van der Waals surface area contributed by atoms with E-state index in [1.165, 1.54) is 0 Å². The Morgan fingerprint density at radius 2 is 1.47 bits per heavy atom. The Morgan fingerprint density at radius 3 is 1.82 bits per heavy atom. The lowest BCUT2D eigenvalue weighted by atomic mass is 10.0. The lowest BCUT2D eigenvalue weighted by Gasteiger charge is -2.43. The summed E-state index contributed by atoms with van der Waals surface area (Å²) in [6, 6.07) is 0. The van der Waals surface area contributed by atoms with E-state index in [4.69, 9.17) is 0 Å². The average molecular weight is 241 g/mol. The van der Waals surface area contributed by atoms with Gasteiger partial charge in [-0.15, -0.1) is 0 Å². The van der Waals surface area contributed by atoms with Crippen LogP contribution >= 0.6 is 0 Å². The molecule has 4 heteroatoms. The van der Waals surface area contributed by atoms with Crippen LogP contribution in [0.1, 0.15) is 34.6 Å². The maximum atomic E-state index is 12.3. The zero-order chi connectivity index (χ0) is 13.3. The minimum Gasteiger partial charge on any atom is -0.339 e. The predicted octanol–water partition coefficient (Wildman–Crippen LogP) is 0.927. The van der Waals surface area contributed by atoms with Crippen molar-refractivity contribution in [2.45, 2.75) is 45.7 Å². The van der Waals surface area contributed by atoms with Crippen LogP contribution in [0.4, 0.5) is 0 Å². The molecule has 1 saturated heterocycles. The van der Waals surface area contributed by atoms with Crippen LogP contribution < -0.4 is 5.32 Å². The summed E-state index contributed by atoms with van der Waals surface area (Å²) in [6.45, 7) is 14.1. The number of nitrogens with one attached hydrogen (secondary N) is 1. The Balaban J connectivity index is 2.56. The minimum absolute atomic E-state index is 0.202. The van der Waals surface area contributed by atoms with Gasteiger partial charge < -0.3 is 10.2 Å². The third-order valence-electron chi connectivity index (χ3n) is 3.68. The van der Waals surface area contributed by atoms with Crippen molar-refractivity contribution in [1.82, 2.24) is 15.1 Å². The van der Waals surface area contributed by atoms with Crippen molar-refractivity contribution in [1.29, 1.82) is 0 Å². The molecule has 0 saturated carbocycles. The molecule has 1 amide bonds. The Hall–Kier alpha value is -0.610. The van der Waals surface area contributed by atoms with Crippen molar-refractivity contribution in [3.8, 4) is 0 Å². The Bertz CT molecular complexity index is 273. The van der Waals surface area contributed by atoms with Crippen molar-refractivity contribution in [3.05, 3.63) is 0 Å². The maximum absolute atomic E-state index is 12.3. The summed E-state index contributed by atoms with van der Waals surface area (Å²) in [5, 5.41) is 3.08. The summed E-state index contributed by atoms with van der Waals surface area (Å²) >= 11 is 0. The fraction of sp³-hybridized carbons (Fsp3) is 0.923. The summed E-state index contributed by atoms with van der Waals surface area (Å²) in [4.78, 5) is 16.7. The van der Waals surface area contributed by atoms with Crippen LogP contribution in [-0.4, -0.2) is 60.0 Å². The smallest absolute Gasteiger partial charge is 0.242 e. The number of amides is 1. The topological polar surface area (TPSA) is 35.6 Å². The molecular weight excluding hydrogens is 214 g/mol. The monoisotopic (exact) mass is 241 g/mol. The van der Waals surface area contributed by atoms with E-state index in [0.29, 0.717) is 0 Å². The Morgan fingerprint density at radius 1 is 1.00 bits per heavy atom. The number of likely N-dealkylation sites (N-methyl/N-ethyl adjacent to an activating group) is 1. The second kappa shape index (κ2) is 4.94. The zero-order valence-electron chi connectivity index (χ0n) is 12.1. The average Bonchev–Trinajstić information content (AvgIpc) is 2.27. The van der Waals surface area contributed by atoms with Gasteiger partial charge in [-0.25, -0.2) is 0 Å². The number of carbonyl (C=O) groups is 1. The van der Waals surface area contributed by atoms with Crippen LogP contribution in [0.5, 0.6) is 0 Å². The summed E-state index contributed by atoms with van der Waals surface area (Å²) in [5.41, 5.74) is -0.252. The molecule has 1 aliphatic heterocycles. The third kappa shape index (κ3) is 3.42. The quantitative estimate of drug-likeness (QED) is 0.781. The van der Waals surface area contributed by atoms with Crippen molar-refractivity contribution in [2.75, 3.05) is 33.2 Å². The van der Waals surface area contributed by atoms with E-state index in [-0.39, 0.29) is 11.4 Å². The molecule has 0 spiro atoms. The van der Waals surface area contributed by atoms with E-state index in [1.807, 2.05) is 25.8 Å². The van der Waals surface area contributed by atoms with Gasteiger partial charge in [-0.3, -0.25) is 9.69 Å². The van der Waals surface area contributed by atoms with Gasteiger partial charge in [0.2, 0.25) is 5.91 Å². The number of hydrogen-bond donors (Lipinski definition) is 1. The molecule has 1 N–H and O–H groups in total. The van der Waals surface area contributed by atoms with Crippen molar-refractivity contribution >= 4 is 5.91 Å². The first-order chi connectivity index (χ1) is 7.68. The third-order valence-corrected chi connectivity index (χ3v) is 3.68. The molecule has 0 bridgehead atoms. The molecule has 1 aliphatic rings. The minimum atomic E-state index is -0.454. The molecule has 1 heterocycles. The van der Waals surface area contributed by atoms with Gasteiger partial charge in [0, 0.05) is 31.7 Å². The first-order valence-electron chi connectivity index (χ1n) is 6.42. The largest absolute Gasteiger partial charge is 0.339 e. The van der Waals surface area contributed by atoms with Crippen LogP contribution in [0.25, 0.3) is 0 Å². The Kier molecular flexibility index (Phi) is 4.20. The van der Waals surface area contributed by atoms with Gasteiger partial charge in [-0.2, -0.15) is 0 Å². The molecule has 0 aliphatic carbocycles. The van der Waals surface area contributed by atoms with Crippen LogP contribution in [0.3, 0.4) is 0 Å². The van der Waals surface area contributed by atoms with Gasteiger partial charge in [-0.1, -0.05) is 0 Å². The molecule has 0 unspecified atom stereocenters. The summed E-state index contributed by atoms with van der Waals surface area (Å²) in [6.07, 6.45) is 0. The summed E-state index contributed by atoms with van der Waals surface area (Å²) < 4.78 is 0. The molecule has 0 radical (unpaired) electrons. The van der Waals surface area contributed by atoms with E-state index in [9.17, 15) is 4.79 Å². The highest BCUT2D eigenvalue weighted by atomic mass is 16.2. The maximum Gasteiger partial charge on any atom is 0.242 e. The van der Waals surface area contributed by atoms with Crippen LogP contribution in [0.2, 0.25) is 0 Å². The highest BCUT2D eigenvalue weighted by Crippen LogP contribution is 2.17. The van der Waals surface area contributed by atoms with Crippen LogP contribution in [0, 0.1) is 0 Å². The van der Waals surface area contributed by atoms with Gasteiger partial charge in [0.15, 0.2) is 0 Å². The number of piperazine rings is 1. The first kappa shape index (κ1) is 14.5. The SMILES string of the molecule is CNC(C)(C)C(=O)N1CCN(C(C)(C)C)CC1. The highest BCUT2D eigenvalue weighted by molar-refractivity contribution is 5.85. The molecule has 1 fully saturated rings. The molecule has 17 heavy (non-hydrogen) atoms.